The van der Waals surface area contributed by atoms with Crippen molar-refractivity contribution in [2.45, 2.75) is 38.6 Å². The Hall–Kier alpha value is -2.09. The van der Waals surface area contributed by atoms with Crippen molar-refractivity contribution in [3.8, 4) is 0 Å². The molecule has 2 heteroatoms. The van der Waals surface area contributed by atoms with Crippen LogP contribution in [-0.2, 0) is 11.2 Å². The SMILES string of the molecule is CC(=O)N(C)C1CCc2ccccc2C(C)c2ccccc21. The predicted octanol–water partition coefficient (Wildman–Crippen LogP) is 4.30. The summed E-state index contributed by atoms with van der Waals surface area (Å²) in [6.45, 7) is 3.92. The van der Waals surface area contributed by atoms with E-state index in [2.05, 4.69) is 55.5 Å². The van der Waals surface area contributed by atoms with Crippen LogP contribution >= 0.6 is 0 Å². The van der Waals surface area contributed by atoms with E-state index in [-0.39, 0.29) is 11.9 Å². The highest BCUT2D eigenvalue weighted by atomic mass is 16.2. The minimum absolute atomic E-state index is 0.126. The first-order chi connectivity index (χ1) is 10.6. The van der Waals surface area contributed by atoms with Crippen LogP contribution in [0.15, 0.2) is 48.5 Å². The average Bonchev–Trinajstić information content (AvgIpc) is 2.53. The van der Waals surface area contributed by atoms with E-state index in [1.165, 1.54) is 22.3 Å². The normalized spacial score (nSPS) is 20.3. The fourth-order valence-electron chi connectivity index (χ4n) is 3.63. The van der Waals surface area contributed by atoms with E-state index in [4.69, 9.17) is 0 Å². The Kier molecular flexibility index (Phi) is 4.02. The van der Waals surface area contributed by atoms with Crippen molar-refractivity contribution >= 4 is 5.91 Å². The van der Waals surface area contributed by atoms with Gasteiger partial charge in [0.15, 0.2) is 0 Å². The highest BCUT2D eigenvalue weighted by Gasteiger charge is 2.27. The van der Waals surface area contributed by atoms with Gasteiger partial charge in [0.1, 0.15) is 0 Å². The molecule has 0 bridgehead atoms. The molecule has 3 rings (SSSR count). The van der Waals surface area contributed by atoms with Gasteiger partial charge in [-0.15, -0.1) is 0 Å². The molecule has 0 saturated carbocycles. The van der Waals surface area contributed by atoms with E-state index in [0.29, 0.717) is 5.92 Å². The number of carbonyl (C=O) groups is 1. The second kappa shape index (κ2) is 5.96. The summed E-state index contributed by atoms with van der Waals surface area (Å²) < 4.78 is 0. The van der Waals surface area contributed by atoms with Crippen LogP contribution in [0.3, 0.4) is 0 Å². The van der Waals surface area contributed by atoms with Gasteiger partial charge in [0.25, 0.3) is 0 Å². The van der Waals surface area contributed by atoms with Crippen LogP contribution < -0.4 is 0 Å². The summed E-state index contributed by atoms with van der Waals surface area (Å²) in [4.78, 5) is 13.8. The van der Waals surface area contributed by atoms with E-state index < -0.39 is 0 Å². The first-order valence-corrected chi connectivity index (χ1v) is 7.99. The molecule has 2 nitrogen and oxygen atoms in total. The molecule has 2 atom stereocenters. The summed E-state index contributed by atoms with van der Waals surface area (Å²) in [5.41, 5.74) is 5.46. The quantitative estimate of drug-likeness (QED) is 0.767. The Bertz CT molecular complexity index is 692. The summed E-state index contributed by atoms with van der Waals surface area (Å²) in [5.74, 6) is 0.483. The standard InChI is InChI=1S/C20H23NO/c1-14-17-9-5-4-8-16(17)12-13-20(21(3)15(2)22)19-11-7-6-10-18(14)19/h4-11,14,20H,12-13H2,1-3H3. The zero-order valence-corrected chi connectivity index (χ0v) is 13.5. The summed E-state index contributed by atoms with van der Waals surface area (Å²) in [5, 5.41) is 0. The largest absolute Gasteiger partial charge is 0.339 e. The van der Waals surface area contributed by atoms with Gasteiger partial charge < -0.3 is 4.90 Å². The molecule has 0 saturated heterocycles. The number of hydrogen-bond donors (Lipinski definition) is 0. The van der Waals surface area contributed by atoms with Gasteiger partial charge in [0.05, 0.1) is 6.04 Å². The number of aryl methyl sites for hydroxylation is 1. The first kappa shape index (κ1) is 14.8. The Balaban J connectivity index is 2.14. The molecule has 22 heavy (non-hydrogen) atoms. The van der Waals surface area contributed by atoms with Gasteiger partial charge in [-0.25, -0.2) is 0 Å². The molecule has 0 radical (unpaired) electrons. The highest BCUT2D eigenvalue weighted by molar-refractivity contribution is 5.73. The van der Waals surface area contributed by atoms with Crippen LogP contribution in [0.4, 0.5) is 0 Å². The molecule has 0 fully saturated rings. The van der Waals surface area contributed by atoms with Crippen LogP contribution in [-0.4, -0.2) is 17.9 Å². The summed E-state index contributed by atoms with van der Waals surface area (Å²) in [6, 6.07) is 17.4. The van der Waals surface area contributed by atoms with Crippen LogP contribution in [0.25, 0.3) is 0 Å². The maximum atomic E-state index is 11.9. The van der Waals surface area contributed by atoms with Crippen molar-refractivity contribution < 1.29 is 4.79 Å². The monoisotopic (exact) mass is 293 g/mol. The zero-order valence-electron chi connectivity index (χ0n) is 13.5. The molecular weight excluding hydrogens is 270 g/mol. The van der Waals surface area contributed by atoms with E-state index in [1.54, 1.807) is 6.92 Å². The van der Waals surface area contributed by atoms with E-state index >= 15 is 0 Å². The first-order valence-electron chi connectivity index (χ1n) is 7.99. The number of nitrogens with zero attached hydrogens (tertiary/aromatic N) is 1. The molecule has 114 valence electrons. The second-order valence-corrected chi connectivity index (χ2v) is 6.23. The van der Waals surface area contributed by atoms with Gasteiger partial charge in [-0.2, -0.15) is 0 Å². The number of carbonyl (C=O) groups excluding carboxylic acids is 1. The van der Waals surface area contributed by atoms with Crippen molar-refractivity contribution in [2.75, 3.05) is 7.05 Å². The maximum Gasteiger partial charge on any atom is 0.219 e. The fraction of sp³-hybridized carbons (Fsp3) is 0.350. The molecule has 0 spiro atoms. The van der Waals surface area contributed by atoms with Crippen LogP contribution in [0.1, 0.15) is 54.5 Å². The number of fused-ring (bicyclic) bond motifs is 2. The van der Waals surface area contributed by atoms with E-state index in [1.807, 2.05) is 11.9 Å². The van der Waals surface area contributed by atoms with Gasteiger partial charge in [-0.05, 0) is 35.1 Å². The second-order valence-electron chi connectivity index (χ2n) is 6.23. The van der Waals surface area contributed by atoms with E-state index in [9.17, 15) is 4.79 Å². The predicted molar refractivity (Wildman–Crippen MR) is 89.9 cm³/mol. The molecule has 0 aliphatic heterocycles. The Morgan fingerprint density at radius 3 is 2.27 bits per heavy atom. The van der Waals surface area contributed by atoms with Crippen LogP contribution in [0.5, 0.6) is 0 Å². The number of hydrogen-bond acceptors (Lipinski definition) is 1. The third kappa shape index (κ3) is 2.54. The zero-order chi connectivity index (χ0) is 15.7. The average molecular weight is 293 g/mol. The van der Waals surface area contributed by atoms with Crippen LogP contribution in [0, 0.1) is 0 Å². The molecule has 1 aliphatic rings. The van der Waals surface area contributed by atoms with Crippen LogP contribution in [0.2, 0.25) is 0 Å². The van der Waals surface area contributed by atoms with Gasteiger partial charge in [0.2, 0.25) is 5.91 Å². The van der Waals surface area contributed by atoms with E-state index in [0.717, 1.165) is 12.8 Å². The lowest BCUT2D eigenvalue weighted by Gasteiger charge is -2.33. The number of benzene rings is 2. The Labute approximate surface area is 132 Å². The lowest BCUT2D eigenvalue weighted by molar-refractivity contribution is -0.129. The molecule has 1 amide bonds. The maximum absolute atomic E-state index is 11.9. The Morgan fingerprint density at radius 1 is 1.00 bits per heavy atom. The van der Waals surface area contributed by atoms with Crippen molar-refractivity contribution in [2.24, 2.45) is 0 Å². The molecule has 0 aromatic heterocycles. The minimum Gasteiger partial charge on any atom is -0.339 e. The van der Waals surface area contributed by atoms with Crippen molar-refractivity contribution in [1.82, 2.24) is 4.90 Å². The topological polar surface area (TPSA) is 20.3 Å². The molecule has 0 heterocycles. The number of rotatable bonds is 1. The molecular formula is C20H23NO. The molecule has 2 unspecified atom stereocenters. The van der Waals surface area contributed by atoms with Gasteiger partial charge in [-0.3, -0.25) is 4.79 Å². The molecule has 0 N–H and O–H groups in total. The fourth-order valence-corrected chi connectivity index (χ4v) is 3.63. The molecule has 2 aromatic rings. The van der Waals surface area contributed by atoms with Crippen molar-refractivity contribution in [3.05, 3.63) is 70.8 Å². The minimum atomic E-state index is 0.126. The lowest BCUT2D eigenvalue weighted by atomic mass is 9.80. The molecule has 1 aliphatic carbocycles. The number of amides is 1. The smallest absolute Gasteiger partial charge is 0.219 e. The van der Waals surface area contributed by atoms with Gasteiger partial charge in [-0.1, -0.05) is 55.5 Å². The third-order valence-corrected chi connectivity index (χ3v) is 4.99. The van der Waals surface area contributed by atoms with Gasteiger partial charge in [0, 0.05) is 19.9 Å². The summed E-state index contributed by atoms with van der Waals surface area (Å²) >= 11 is 0. The van der Waals surface area contributed by atoms with Gasteiger partial charge >= 0.3 is 0 Å². The third-order valence-electron chi connectivity index (χ3n) is 4.99. The Morgan fingerprint density at radius 2 is 1.59 bits per heavy atom. The van der Waals surface area contributed by atoms with Crippen molar-refractivity contribution in [1.29, 1.82) is 0 Å². The summed E-state index contributed by atoms with van der Waals surface area (Å²) in [6.07, 6.45) is 1.98. The summed E-state index contributed by atoms with van der Waals surface area (Å²) in [7, 11) is 1.92. The molecule has 2 aromatic carbocycles. The highest BCUT2D eigenvalue weighted by Crippen LogP contribution is 2.38. The lowest BCUT2D eigenvalue weighted by Crippen LogP contribution is -2.31. The van der Waals surface area contributed by atoms with Crippen molar-refractivity contribution in [3.63, 3.8) is 0 Å².